The lowest BCUT2D eigenvalue weighted by Gasteiger charge is -2.15. The van der Waals surface area contributed by atoms with Crippen LogP contribution in [0.25, 0.3) is 0 Å². The van der Waals surface area contributed by atoms with Gasteiger partial charge in [0.25, 0.3) is 16.0 Å². The number of amides is 1. The molecule has 8 nitrogen and oxygen atoms in total. The first-order valence-corrected chi connectivity index (χ1v) is 7.04. The first kappa shape index (κ1) is 15.9. The fraction of sp³-hybridized carbons (Fsp3) is 0.273. The van der Waals surface area contributed by atoms with Crippen LogP contribution in [0.3, 0.4) is 0 Å². The van der Waals surface area contributed by atoms with Gasteiger partial charge >= 0.3 is 5.97 Å². The molecule has 1 amide bonds. The van der Waals surface area contributed by atoms with Gasteiger partial charge in [0.1, 0.15) is 11.8 Å². The number of carbonyl (C=O) groups is 2. The van der Waals surface area contributed by atoms with E-state index in [-0.39, 0.29) is 11.3 Å². The van der Waals surface area contributed by atoms with Gasteiger partial charge in [0, 0.05) is 5.69 Å². The van der Waals surface area contributed by atoms with Crippen molar-refractivity contribution < 1.29 is 27.3 Å². The number of benzene rings is 1. The first-order valence-electron chi connectivity index (χ1n) is 5.43. The van der Waals surface area contributed by atoms with Gasteiger partial charge in [-0.05, 0) is 12.1 Å². The minimum atomic E-state index is -4.46. The number of methoxy groups -OCH3 is 1. The minimum Gasteiger partial charge on any atom is -0.467 e. The monoisotopic (exact) mass is 302 g/mol. The van der Waals surface area contributed by atoms with Crippen molar-refractivity contribution in [1.82, 2.24) is 5.32 Å². The van der Waals surface area contributed by atoms with Crippen molar-refractivity contribution in [3.05, 3.63) is 29.8 Å². The Bertz CT molecular complexity index is 613. The van der Waals surface area contributed by atoms with E-state index in [1.54, 1.807) is 12.1 Å². The highest BCUT2D eigenvalue weighted by molar-refractivity contribution is 7.85. The summed E-state index contributed by atoms with van der Waals surface area (Å²) in [5.74, 6) is -2.73. The highest BCUT2D eigenvalue weighted by Gasteiger charge is 2.27. The zero-order valence-electron chi connectivity index (χ0n) is 10.6. The van der Waals surface area contributed by atoms with Crippen molar-refractivity contribution in [2.24, 2.45) is 0 Å². The average molecular weight is 302 g/mol. The normalized spacial score (nSPS) is 12.5. The number of para-hydroxylation sites is 1. The third kappa shape index (κ3) is 4.52. The summed E-state index contributed by atoms with van der Waals surface area (Å²) >= 11 is 0. The summed E-state index contributed by atoms with van der Waals surface area (Å²) in [5.41, 5.74) is 5.84. The molecule has 9 heteroatoms. The molecule has 110 valence electrons. The van der Waals surface area contributed by atoms with Gasteiger partial charge in [-0.25, -0.2) is 4.79 Å². The molecular weight excluding hydrogens is 288 g/mol. The van der Waals surface area contributed by atoms with E-state index in [9.17, 15) is 18.0 Å². The number of hydrogen-bond acceptors (Lipinski definition) is 6. The number of carbonyl (C=O) groups excluding carboxylic acids is 2. The van der Waals surface area contributed by atoms with Crippen molar-refractivity contribution in [2.45, 2.75) is 6.04 Å². The molecule has 0 saturated carbocycles. The van der Waals surface area contributed by atoms with E-state index in [1.165, 1.54) is 12.1 Å². The van der Waals surface area contributed by atoms with Crippen molar-refractivity contribution >= 4 is 27.7 Å². The van der Waals surface area contributed by atoms with Gasteiger partial charge in [-0.2, -0.15) is 8.42 Å². The van der Waals surface area contributed by atoms with Crippen LogP contribution in [0.5, 0.6) is 0 Å². The molecule has 0 saturated heterocycles. The van der Waals surface area contributed by atoms with E-state index in [0.717, 1.165) is 7.11 Å². The van der Waals surface area contributed by atoms with Crippen LogP contribution in [0.2, 0.25) is 0 Å². The first-order chi connectivity index (χ1) is 9.24. The maximum absolute atomic E-state index is 11.9. The molecule has 0 unspecified atom stereocenters. The second-order valence-electron chi connectivity index (χ2n) is 3.89. The van der Waals surface area contributed by atoms with Crippen LogP contribution in [0.15, 0.2) is 24.3 Å². The van der Waals surface area contributed by atoms with E-state index >= 15 is 0 Å². The molecule has 0 aromatic heterocycles. The summed E-state index contributed by atoms with van der Waals surface area (Å²) in [4.78, 5) is 23.3. The Morgan fingerprint density at radius 2 is 2.00 bits per heavy atom. The van der Waals surface area contributed by atoms with Crippen LogP contribution in [0.1, 0.15) is 10.4 Å². The van der Waals surface area contributed by atoms with E-state index in [0.29, 0.717) is 0 Å². The fourth-order valence-corrected chi connectivity index (χ4v) is 2.10. The molecule has 0 heterocycles. The van der Waals surface area contributed by atoms with Gasteiger partial charge in [-0.3, -0.25) is 9.35 Å². The zero-order valence-corrected chi connectivity index (χ0v) is 11.4. The lowest BCUT2D eigenvalue weighted by Crippen LogP contribution is -2.46. The number of hydrogen-bond donors (Lipinski definition) is 3. The number of nitrogen functional groups attached to an aromatic ring is 1. The summed E-state index contributed by atoms with van der Waals surface area (Å²) in [6, 6.07) is 4.53. The van der Waals surface area contributed by atoms with Gasteiger partial charge in [-0.1, -0.05) is 12.1 Å². The number of nitrogens with one attached hydrogen (secondary N) is 1. The van der Waals surface area contributed by atoms with Gasteiger partial charge in [0.05, 0.1) is 12.7 Å². The van der Waals surface area contributed by atoms with Crippen molar-refractivity contribution in [3.63, 3.8) is 0 Å². The van der Waals surface area contributed by atoms with Gasteiger partial charge in [0.2, 0.25) is 0 Å². The Labute approximate surface area is 115 Å². The Morgan fingerprint density at radius 1 is 1.40 bits per heavy atom. The molecule has 1 aromatic carbocycles. The molecule has 0 aliphatic carbocycles. The van der Waals surface area contributed by atoms with E-state index in [2.05, 4.69) is 10.1 Å². The number of rotatable bonds is 5. The SMILES string of the molecule is COC(=O)[C@H](CS(=O)(=O)O)NC(=O)c1ccccc1N. The van der Waals surface area contributed by atoms with Crippen LogP contribution in [0.4, 0.5) is 5.69 Å². The summed E-state index contributed by atoms with van der Waals surface area (Å²) in [6.07, 6.45) is 0. The molecule has 1 aromatic rings. The van der Waals surface area contributed by atoms with Crippen molar-refractivity contribution in [2.75, 3.05) is 18.6 Å². The lowest BCUT2D eigenvalue weighted by atomic mass is 10.1. The number of nitrogens with two attached hydrogens (primary N) is 1. The number of ether oxygens (including phenoxy) is 1. The molecule has 0 aliphatic heterocycles. The predicted octanol–water partition coefficient (Wildman–Crippen LogP) is -0.572. The maximum Gasteiger partial charge on any atom is 0.329 e. The van der Waals surface area contributed by atoms with Gasteiger partial charge in [-0.15, -0.1) is 0 Å². The molecule has 0 bridgehead atoms. The molecule has 4 N–H and O–H groups in total. The van der Waals surface area contributed by atoms with E-state index in [1.807, 2.05) is 0 Å². The highest BCUT2D eigenvalue weighted by atomic mass is 32.2. The Hall–Kier alpha value is -2.13. The van der Waals surface area contributed by atoms with Crippen molar-refractivity contribution in [3.8, 4) is 0 Å². The average Bonchev–Trinajstić information content (AvgIpc) is 2.35. The van der Waals surface area contributed by atoms with Crippen molar-refractivity contribution in [1.29, 1.82) is 0 Å². The van der Waals surface area contributed by atoms with Gasteiger partial charge in [0.15, 0.2) is 0 Å². The second-order valence-corrected chi connectivity index (χ2v) is 5.38. The molecule has 0 spiro atoms. The van der Waals surface area contributed by atoms with Crippen LogP contribution < -0.4 is 11.1 Å². The number of anilines is 1. The molecule has 0 aliphatic rings. The summed E-state index contributed by atoms with van der Waals surface area (Å²) in [5, 5.41) is 2.15. The highest BCUT2D eigenvalue weighted by Crippen LogP contribution is 2.10. The van der Waals surface area contributed by atoms with Crippen LogP contribution in [0, 0.1) is 0 Å². The smallest absolute Gasteiger partial charge is 0.329 e. The third-order valence-corrected chi connectivity index (χ3v) is 3.13. The minimum absolute atomic E-state index is 0.0803. The molecule has 20 heavy (non-hydrogen) atoms. The third-order valence-electron chi connectivity index (χ3n) is 2.37. The summed E-state index contributed by atoms with van der Waals surface area (Å²) in [6.45, 7) is 0. The second kappa shape index (κ2) is 6.35. The van der Waals surface area contributed by atoms with E-state index in [4.69, 9.17) is 10.3 Å². The Morgan fingerprint density at radius 3 is 2.50 bits per heavy atom. The lowest BCUT2D eigenvalue weighted by molar-refractivity contribution is -0.142. The fourth-order valence-electron chi connectivity index (χ4n) is 1.46. The summed E-state index contributed by atoms with van der Waals surface area (Å²) < 4.78 is 34.8. The maximum atomic E-state index is 11.9. The van der Waals surface area contributed by atoms with E-state index < -0.39 is 33.8 Å². The molecule has 0 radical (unpaired) electrons. The quantitative estimate of drug-likeness (QED) is 0.376. The predicted molar refractivity (Wildman–Crippen MR) is 70.5 cm³/mol. The Balaban J connectivity index is 2.93. The number of esters is 1. The molecule has 1 atom stereocenters. The van der Waals surface area contributed by atoms with Gasteiger partial charge < -0.3 is 15.8 Å². The van der Waals surface area contributed by atoms with Crippen LogP contribution in [-0.2, 0) is 19.6 Å². The standard InChI is InChI=1S/C11H14N2O6S/c1-19-11(15)9(6-20(16,17)18)13-10(14)7-4-2-3-5-8(7)12/h2-5,9H,6,12H2,1H3,(H,13,14)(H,16,17,18)/t9-/m0/s1. The largest absolute Gasteiger partial charge is 0.467 e. The summed E-state index contributed by atoms with van der Waals surface area (Å²) in [7, 11) is -3.43. The topological polar surface area (TPSA) is 136 Å². The Kier molecular flexibility index (Phi) is 5.06. The van der Waals surface area contributed by atoms with Crippen LogP contribution in [-0.4, -0.2) is 43.8 Å². The molecular formula is C11H14N2O6S. The molecule has 0 fully saturated rings. The zero-order chi connectivity index (χ0) is 15.3. The molecule has 1 rings (SSSR count). The van der Waals surface area contributed by atoms with Crippen LogP contribution >= 0.6 is 0 Å².